The molecule has 0 saturated carbocycles. The van der Waals surface area contributed by atoms with E-state index < -0.39 is 12.0 Å². The van der Waals surface area contributed by atoms with Gasteiger partial charge in [-0.15, -0.1) is 0 Å². The third-order valence-corrected chi connectivity index (χ3v) is 2.62. The number of ether oxygens (including phenoxy) is 1. The molecule has 0 aliphatic rings. The van der Waals surface area contributed by atoms with E-state index in [1.807, 2.05) is 0 Å². The van der Waals surface area contributed by atoms with Gasteiger partial charge in [-0.1, -0.05) is 23.2 Å². The number of anilines is 1. The molecule has 7 heteroatoms. The van der Waals surface area contributed by atoms with Gasteiger partial charge in [0.1, 0.15) is 5.03 Å². The standard InChI is InChI=1S/C12H12Cl2N2O3/c1-2-19-11(17)10(14)6-7-5-8(16-12(15)18)3-4-9(7)13/h3-6H,2H2,1H3,(H3,15,16,18)/b10-6-. The van der Waals surface area contributed by atoms with E-state index in [0.29, 0.717) is 16.3 Å². The Hall–Kier alpha value is -1.72. The lowest BCUT2D eigenvalue weighted by Gasteiger charge is -2.05. The number of amides is 2. The van der Waals surface area contributed by atoms with Crippen LogP contribution < -0.4 is 11.1 Å². The smallest absolute Gasteiger partial charge is 0.349 e. The molecule has 0 bridgehead atoms. The maximum Gasteiger partial charge on any atom is 0.349 e. The number of esters is 1. The van der Waals surface area contributed by atoms with Crippen molar-refractivity contribution in [3.63, 3.8) is 0 Å². The summed E-state index contributed by atoms with van der Waals surface area (Å²) in [6.45, 7) is 1.90. The highest BCUT2D eigenvalue weighted by atomic mass is 35.5. The molecule has 3 N–H and O–H groups in total. The molecule has 1 aromatic carbocycles. The maximum absolute atomic E-state index is 11.4. The Morgan fingerprint density at radius 3 is 2.74 bits per heavy atom. The molecular formula is C12H12Cl2N2O3. The first kappa shape index (κ1) is 15.3. The van der Waals surface area contributed by atoms with Gasteiger partial charge in [0, 0.05) is 10.7 Å². The van der Waals surface area contributed by atoms with Crippen LogP contribution in [0, 0.1) is 0 Å². The van der Waals surface area contributed by atoms with Crippen LogP contribution in [0.15, 0.2) is 23.2 Å². The van der Waals surface area contributed by atoms with Crippen LogP contribution in [0.25, 0.3) is 6.08 Å². The Morgan fingerprint density at radius 2 is 2.16 bits per heavy atom. The first-order chi connectivity index (χ1) is 8.93. The molecule has 1 aromatic rings. The van der Waals surface area contributed by atoms with Gasteiger partial charge in [-0.25, -0.2) is 9.59 Å². The summed E-state index contributed by atoms with van der Waals surface area (Å²) in [7, 11) is 0. The van der Waals surface area contributed by atoms with Gasteiger partial charge in [0.2, 0.25) is 0 Å². The van der Waals surface area contributed by atoms with Crippen LogP contribution in [0.5, 0.6) is 0 Å². The number of carbonyl (C=O) groups excluding carboxylic acids is 2. The largest absolute Gasteiger partial charge is 0.462 e. The summed E-state index contributed by atoms with van der Waals surface area (Å²) in [6.07, 6.45) is 1.36. The Morgan fingerprint density at radius 1 is 1.47 bits per heavy atom. The molecule has 0 aliphatic carbocycles. The van der Waals surface area contributed by atoms with Gasteiger partial charge in [0.25, 0.3) is 0 Å². The zero-order chi connectivity index (χ0) is 14.4. The van der Waals surface area contributed by atoms with Crippen molar-refractivity contribution in [2.24, 2.45) is 5.73 Å². The fourth-order valence-electron chi connectivity index (χ4n) is 1.27. The second-order valence-electron chi connectivity index (χ2n) is 3.44. The number of nitrogens with two attached hydrogens (primary N) is 1. The number of urea groups is 1. The number of hydrogen-bond acceptors (Lipinski definition) is 3. The monoisotopic (exact) mass is 302 g/mol. The van der Waals surface area contributed by atoms with Crippen LogP contribution in [0.4, 0.5) is 10.5 Å². The average Bonchev–Trinajstić information content (AvgIpc) is 2.33. The van der Waals surface area contributed by atoms with Gasteiger partial charge in [-0.3, -0.25) is 0 Å². The number of halogens is 2. The molecule has 0 heterocycles. The summed E-state index contributed by atoms with van der Waals surface area (Å²) >= 11 is 11.7. The Balaban J connectivity index is 3.02. The van der Waals surface area contributed by atoms with Crippen molar-refractivity contribution in [1.82, 2.24) is 0 Å². The van der Waals surface area contributed by atoms with Gasteiger partial charge < -0.3 is 15.8 Å². The topological polar surface area (TPSA) is 81.4 Å². The van der Waals surface area contributed by atoms with E-state index in [9.17, 15) is 9.59 Å². The molecule has 19 heavy (non-hydrogen) atoms. The predicted octanol–water partition coefficient (Wildman–Crippen LogP) is 2.97. The van der Waals surface area contributed by atoms with Gasteiger partial charge in [-0.2, -0.15) is 0 Å². The summed E-state index contributed by atoms with van der Waals surface area (Å²) < 4.78 is 4.74. The molecule has 1 rings (SSSR count). The lowest BCUT2D eigenvalue weighted by atomic mass is 10.2. The first-order valence-electron chi connectivity index (χ1n) is 5.34. The molecule has 0 aromatic heterocycles. The van der Waals surface area contributed by atoms with E-state index in [-0.39, 0.29) is 11.6 Å². The molecule has 0 radical (unpaired) electrons. The average molecular weight is 303 g/mol. The molecule has 5 nitrogen and oxygen atoms in total. The van der Waals surface area contributed by atoms with Gasteiger partial charge >= 0.3 is 12.0 Å². The quantitative estimate of drug-likeness (QED) is 0.662. The van der Waals surface area contributed by atoms with Crippen LogP contribution in [0.2, 0.25) is 5.02 Å². The van der Waals surface area contributed by atoms with E-state index >= 15 is 0 Å². The molecule has 0 unspecified atom stereocenters. The molecule has 0 atom stereocenters. The first-order valence-corrected chi connectivity index (χ1v) is 6.10. The minimum atomic E-state index is -0.700. The van der Waals surface area contributed by atoms with Crippen LogP contribution in [-0.2, 0) is 9.53 Å². The van der Waals surface area contributed by atoms with Crippen LogP contribution in [0.1, 0.15) is 12.5 Å². The lowest BCUT2D eigenvalue weighted by Crippen LogP contribution is -2.19. The Labute approximate surface area is 120 Å². The number of benzene rings is 1. The highest BCUT2D eigenvalue weighted by molar-refractivity contribution is 6.43. The lowest BCUT2D eigenvalue weighted by molar-refractivity contribution is -0.137. The normalized spacial score (nSPS) is 11.0. The molecule has 0 saturated heterocycles. The van der Waals surface area contributed by atoms with Crippen molar-refractivity contribution < 1.29 is 14.3 Å². The van der Waals surface area contributed by atoms with Crippen molar-refractivity contribution >= 4 is 47.0 Å². The fourth-order valence-corrected chi connectivity index (χ4v) is 1.61. The van der Waals surface area contributed by atoms with Gasteiger partial charge in [0.05, 0.1) is 6.61 Å². The van der Waals surface area contributed by atoms with Crippen molar-refractivity contribution in [1.29, 1.82) is 0 Å². The molecule has 102 valence electrons. The zero-order valence-electron chi connectivity index (χ0n) is 10.1. The van der Waals surface area contributed by atoms with Crippen LogP contribution in [0.3, 0.4) is 0 Å². The highest BCUT2D eigenvalue weighted by Crippen LogP contribution is 2.24. The van der Waals surface area contributed by atoms with Crippen LogP contribution in [-0.4, -0.2) is 18.6 Å². The van der Waals surface area contributed by atoms with Gasteiger partial charge in [-0.05, 0) is 36.8 Å². The fraction of sp³-hybridized carbons (Fsp3) is 0.167. The SMILES string of the molecule is CCOC(=O)/C(Cl)=C/c1cc(NC(N)=O)ccc1Cl. The molecule has 0 spiro atoms. The van der Waals surface area contributed by atoms with E-state index in [2.05, 4.69) is 5.32 Å². The summed E-state index contributed by atoms with van der Waals surface area (Å²) in [6, 6.07) is 3.96. The van der Waals surface area contributed by atoms with Crippen molar-refractivity contribution in [3.8, 4) is 0 Å². The van der Waals surface area contributed by atoms with E-state index in [0.717, 1.165) is 0 Å². The predicted molar refractivity (Wildman–Crippen MR) is 75.1 cm³/mol. The zero-order valence-corrected chi connectivity index (χ0v) is 11.6. The van der Waals surface area contributed by atoms with Crippen molar-refractivity contribution in [2.75, 3.05) is 11.9 Å². The minimum absolute atomic E-state index is 0.111. The minimum Gasteiger partial charge on any atom is -0.462 e. The Kier molecular flexibility index (Phi) is 5.66. The molecule has 0 aliphatic heterocycles. The van der Waals surface area contributed by atoms with Crippen molar-refractivity contribution in [2.45, 2.75) is 6.92 Å². The summed E-state index contributed by atoms with van der Waals surface area (Å²) in [5.41, 5.74) is 5.91. The summed E-state index contributed by atoms with van der Waals surface area (Å²) in [5, 5.41) is 2.65. The third kappa shape index (κ3) is 4.81. The second-order valence-corrected chi connectivity index (χ2v) is 4.25. The van der Waals surface area contributed by atoms with Crippen molar-refractivity contribution in [3.05, 3.63) is 33.8 Å². The summed E-state index contributed by atoms with van der Waals surface area (Å²) in [5.74, 6) is -0.645. The van der Waals surface area contributed by atoms with Gasteiger partial charge in [0.15, 0.2) is 0 Å². The third-order valence-electron chi connectivity index (χ3n) is 2.02. The molecule has 2 amide bonds. The number of primary amides is 1. The van der Waals surface area contributed by atoms with E-state index in [4.69, 9.17) is 33.7 Å². The summed E-state index contributed by atoms with van der Waals surface area (Å²) in [4.78, 5) is 22.1. The second kappa shape index (κ2) is 7.01. The van der Waals surface area contributed by atoms with E-state index in [1.54, 1.807) is 19.1 Å². The van der Waals surface area contributed by atoms with E-state index in [1.165, 1.54) is 12.1 Å². The number of hydrogen-bond donors (Lipinski definition) is 2. The highest BCUT2D eigenvalue weighted by Gasteiger charge is 2.09. The maximum atomic E-state index is 11.4. The number of rotatable bonds is 4. The molecular weight excluding hydrogens is 291 g/mol. The van der Waals surface area contributed by atoms with Crippen LogP contribution >= 0.6 is 23.2 Å². The Bertz CT molecular complexity index is 530. The number of carbonyl (C=O) groups is 2. The number of nitrogens with one attached hydrogen (secondary N) is 1. The molecule has 0 fully saturated rings.